The second kappa shape index (κ2) is 9.66. The van der Waals surface area contributed by atoms with Crippen molar-refractivity contribution in [3.63, 3.8) is 0 Å². The van der Waals surface area contributed by atoms with E-state index in [2.05, 4.69) is 25.7 Å². The van der Waals surface area contributed by atoms with Crippen LogP contribution in [0.3, 0.4) is 0 Å². The Morgan fingerprint density at radius 3 is 2.79 bits per heavy atom. The van der Waals surface area contributed by atoms with Gasteiger partial charge in [0.1, 0.15) is 30.4 Å². The van der Waals surface area contributed by atoms with Crippen LogP contribution in [0.25, 0.3) is 27.7 Å². The average Bonchev–Trinajstić information content (AvgIpc) is 3.42. The molecular formula is C22H21F5N8O3. The lowest BCUT2D eigenvalue weighted by Gasteiger charge is -2.34. The molecule has 0 radical (unpaired) electrons. The number of aromatic nitrogens is 6. The lowest BCUT2D eigenvalue weighted by atomic mass is 10.0. The van der Waals surface area contributed by atoms with Crippen molar-refractivity contribution in [2.24, 2.45) is 0 Å². The smallest absolute Gasteiger partial charge is 0.408 e. The summed E-state index contributed by atoms with van der Waals surface area (Å²) >= 11 is 0. The molecule has 1 aliphatic rings. The molecule has 11 nitrogen and oxygen atoms in total. The van der Waals surface area contributed by atoms with Crippen LogP contribution in [0.5, 0.6) is 5.88 Å². The summed E-state index contributed by atoms with van der Waals surface area (Å²) < 4.78 is 76.0. The van der Waals surface area contributed by atoms with Crippen LogP contribution in [0.1, 0.15) is 6.42 Å². The first-order valence-corrected chi connectivity index (χ1v) is 11.4. The normalized spacial score (nSPS) is 18.3. The Bertz CT molecular complexity index is 1500. The molecule has 2 atom stereocenters. The third-order valence-corrected chi connectivity index (χ3v) is 6.22. The van der Waals surface area contributed by atoms with E-state index in [0.29, 0.717) is 4.68 Å². The van der Waals surface area contributed by atoms with E-state index in [1.54, 1.807) is 0 Å². The molecule has 4 aromatic rings. The van der Waals surface area contributed by atoms with Crippen molar-refractivity contribution < 1.29 is 36.6 Å². The number of aliphatic hydroxyl groups is 1. The summed E-state index contributed by atoms with van der Waals surface area (Å²) in [5.74, 6) is -1.44. The fourth-order valence-electron chi connectivity index (χ4n) is 4.47. The van der Waals surface area contributed by atoms with E-state index < -0.39 is 43.3 Å². The van der Waals surface area contributed by atoms with Gasteiger partial charge in [0.05, 0.1) is 37.0 Å². The maximum atomic E-state index is 15.2. The number of piperidine rings is 1. The number of hydrogen-bond donors (Lipinski definition) is 2. The standard InChI is InChI=1S/C22H21F5N8O3/c1-38-20-19-18(11-2-3-15-16(6-11)35(32-30-15)10-22(25,26)27)13(24)8-34(19)31-21(29-20)28-14-4-5-33(7-12(14)23)17(37)9-36/h2-3,6,8,12,14,36H,4-5,7,9-10H2,1H3,(H,28,31)/t12-,14+/m1/s1. The third kappa shape index (κ3) is 4.78. The van der Waals surface area contributed by atoms with E-state index in [0.717, 1.165) is 10.7 Å². The van der Waals surface area contributed by atoms with Gasteiger partial charge in [0.15, 0.2) is 5.82 Å². The summed E-state index contributed by atoms with van der Waals surface area (Å²) in [7, 11) is 1.29. The average molecular weight is 540 g/mol. The minimum Gasteiger partial charge on any atom is -0.479 e. The number of ether oxygens (including phenoxy) is 1. The van der Waals surface area contributed by atoms with Gasteiger partial charge in [0, 0.05) is 6.54 Å². The third-order valence-electron chi connectivity index (χ3n) is 6.22. The molecule has 1 aromatic carbocycles. The van der Waals surface area contributed by atoms with Gasteiger partial charge in [-0.05, 0) is 24.1 Å². The highest BCUT2D eigenvalue weighted by molar-refractivity contribution is 5.89. The number of aliphatic hydroxyl groups excluding tert-OH is 1. The van der Waals surface area contributed by atoms with Gasteiger partial charge in [-0.3, -0.25) is 4.79 Å². The van der Waals surface area contributed by atoms with Gasteiger partial charge in [0.2, 0.25) is 17.7 Å². The van der Waals surface area contributed by atoms with Gasteiger partial charge in [0.25, 0.3) is 0 Å². The van der Waals surface area contributed by atoms with Crippen LogP contribution in [0.2, 0.25) is 0 Å². The minimum atomic E-state index is -4.53. The number of carbonyl (C=O) groups is 1. The molecule has 202 valence electrons. The number of halogens is 5. The van der Waals surface area contributed by atoms with Crippen LogP contribution in [-0.4, -0.2) is 90.7 Å². The summed E-state index contributed by atoms with van der Waals surface area (Å²) in [4.78, 5) is 17.1. The number of alkyl halides is 4. The van der Waals surface area contributed by atoms with Gasteiger partial charge in [-0.1, -0.05) is 11.3 Å². The Hall–Kier alpha value is -4.08. The Morgan fingerprint density at radius 1 is 1.32 bits per heavy atom. The minimum absolute atomic E-state index is 0.0192. The maximum absolute atomic E-state index is 15.2. The van der Waals surface area contributed by atoms with Crippen molar-refractivity contribution in [3.8, 4) is 17.0 Å². The molecule has 38 heavy (non-hydrogen) atoms. The lowest BCUT2D eigenvalue weighted by molar-refractivity contribution is -0.142. The molecule has 1 fully saturated rings. The van der Waals surface area contributed by atoms with Crippen molar-refractivity contribution >= 4 is 28.4 Å². The number of rotatable bonds is 6. The van der Waals surface area contributed by atoms with E-state index in [-0.39, 0.29) is 59.0 Å². The van der Waals surface area contributed by atoms with Gasteiger partial charge in [-0.15, -0.1) is 10.2 Å². The summed E-state index contributed by atoms with van der Waals surface area (Å²) in [5, 5.41) is 23.3. The second-order valence-electron chi connectivity index (χ2n) is 8.71. The van der Waals surface area contributed by atoms with E-state index in [9.17, 15) is 22.4 Å². The maximum Gasteiger partial charge on any atom is 0.408 e. The van der Waals surface area contributed by atoms with Crippen molar-refractivity contribution in [1.82, 2.24) is 34.5 Å². The first kappa shape index (κ1) is 25.6. The number of hydrogen-bond acceptors (Lipinski definition) is 8. The number of nitrogens with one attached hydrogen (secondary N) is 1. The van der Waals surface area contributed by atoms with E-state index >= 15 is 4.39 Å². The summed E-state index contributed by atoms with van der Waals surface area (Å²) in [5.41, 5.74) is 0.552. The predicted octanol–water partition coefficient (Wildman–Crippen LogP) is 2.19. The second-order valence-corrected chi connectivity index (χ2v) is 8.71. The van der Waals surface area contributed by atoms with Gasteiger partial charge >= 0.3 is 6.18 Å². The molecule has 0 unspecified atom stereocenters. The highest BCUT2D eigenvalue weighted by atomic mass is 19.4. The zero-order valence-corrected chi connectivity index (χ0v) is 19.8. The van der Waals surface area contributed by atoms with Crippen LogP contribution < -0.4 is 10.1 Å². The number of fused-ring (bicyclic) bond motifs is 2. The molecule has 2 N–H and O–H groups in total. The fourth-order valence-corrected chi connectivity index (χ4v) is 4.47. The van der Waals surface area contributed by atoms with E-state index in [1.807, 2.05) is 0 Å². The van der Waals surface area contributed by atoms with Gasteiger partial charge in [-0.25, -0.2) is 18.0 Å². The summed E-state index contributed by atoms with van der Waals surface area (Å²) in [6.07, 6.45) is -4.76. The molecule has 16 heteroatoms. The van der Waals surface area contributed by atoms with Crippen molar-refractivity contribution in [2.45, 2.75) is 31.4 Å². The number of benzene rings is 1. The van der Waals surface area contributed by atoms with E-state index in [4.69, 9.17) is 9.84 Å². The molecule has 4 heterocycles. The molecule has 0 spiro atoms. The number of carbonyl (C=O) groups excluding carboxylic acids is 1. The summed E-state index contributed by atoms with van der Waals surface area (Å²) in [6, 6.07) is 3.48. The Kier molecular flexibility index (Phi) is 6.50. The van der Waals surface area contributed by atoms with Crippen LogP contribution in [0.4, 0.5) is 27.9 Å². The van der Waals surface area contributed by atoms with Crippen molar-refractivity contribution in [3.05, 3.63) is 30.2 Å². The van der Waals surface area contributed by atoms with Gasteiger partial charge < -0.3 is 20.1 Å². The van der Waals surface area contributed by atoms with E-state index in [1.165, 1.54) is 30.2 Å². The van der Waals surface area contributed by atoms with Crippen LogP contribution in [0.15, 0.2) is 24.4 Å². The monoisotopic (exact) mass is 540 g/mol. The number of anilines is 1. The molecule has 1 aliphatic heterocycles. The predicted molar refractivity (Wildman–Crippen MR) is 123 cm³/mol. The Balaban J connectivity index is 1.49. The highest BCUT2D eigenvalue weighted by Crippen LogP contribution is 2.35. The SMILES string of the molecule is COc1nc(N[C@H]2CCN(C(=O)CO)C[C@H]2F)nn2cc(F)c(-c3ccc4nnn(CC(F)(F)F)c4c3)c12. The number of likely N-dealkylation sites (tertiary alicyclic amines) is 1. The topological polar surface area (TPSA) is 123 Å². The molecule has 0 aliphatic carbocycles. The quantitative estimate of drug-likeness (QED) is 0.357. The molecule has 0 saturated carbocycles. The largest absolute Gasteiger partial charge is 0.479 e. The number of nitrogens with zero attached hydrogens (tertiary/aromatic N) is 7. The Labute approximate surface area is 210 Å². The molecular weight excluding hydrogens is 519 g/mol. The van der Waals surface area contributed by atoms with Gasteiger partial charge in [-0.2, -0.15) is 18.2 Å². The first-order valence-electron chi connectivity index (χ1n) is 11.4. The van der Waals surface area contributed by atoms with Crippen molar-refractivity contribution in [1.29, 1.82) is 0 Å². The molecule has 1 amide bonds. The fraction of sp³-hybridized carbons (Fsp3) is 0.409. The summed E-state index contributed by atoms with van der Waals surface area (Å²) in [6.45, 7) is -2.09. The number of amides is 1. The zero-order chi connectivity index (χ0) is 27.2. The Morgan fingerprint density at radius 2 is 2.11 bits per heavy atom. The van der Waals surface area contributed by atoms with Crippen LogP contribution >= 0.6 is 0 Å². The molecule has 3 aromatic heterocycles. The zero-order valence-electron chi connectivity index (χ0n) is 19.8. The lowest BCUT2D eigenvalue weighted by Crippen LogP contribution is -2.50. The highest BCUT2D eigenvalue weighted by Gasteiger charge is 2.33. The van der Waals surface area contributed by atoms with Crippen LogP contribution in [-0.2, 0) is 11.3 Å². The molecule has 1 saturated heterocycles. The first-order chi connectivity index (χ1) is 18.1. The van der Waals surface area contributed by atoms with Crippen LogP contribution in [0, 0.1) is 5.82 Å². The van der Waals surface area contributed by atoms with Crippen molar-refractivity contribution in [2.75, 3.05) is 32.1 Å². The molecule has 5 rings (SSSR count). The number of methoxy groups -OCH3 is 1. The molecule has 0 bridgehead atoms.